The molecule has 30 heavy (non-hydrogen) atoms. The van der Waals surface area contributed by atoms with Gasteiger partial charge in [0.25, 0.3) is 0 Å². The second-order valence-corrected chi connectivity index (χ2v) is 7.48. The van der Waals surface area contributed by atoms with Crippen molar-refractivity contribution in [3.8, 4) is 0 Å². The van der Waals surface area contributed by atoms with Gasteiger partial charge in [-0.3, -0.25) is 19.8 Å². The highest BCUT2D eigenvalue weighted by Gasteiger charge is 2.12. The van der Waals surface area contributed by atoms with Gasteiger partial charge in [0, 0.05) is 39.3 Å². The van der Waals surface area contributed by atoms with Gasteiger partial charge in [0.1, 0.15) is 0 Å². The zero-order valence-electron chi connectivity index (χ0n) is 17.5. The molecule has 2 amide bonds. The Morgan fingerprint density at radius 3 is 1.67 bits per heavy atom. The largest absolute Gasteiger partial charge is 0.340 e. The van der Waals surface area contributed by atoms with Crippen molar-refractivity contribution in [3.05, 3.63) is 71.3 Å². The Bertz CT molecular complexity index is 863. The fourth-order valence-electron chi connectivity index (χ4n) is 3.26. The fraction of sp³-hybridized carbons (Fsp3) is 0.364. The number of H-pyrrole nitrogens is 2. The van der Waals surface area contributed by atoms with Crippen LogP contribution < -0.4 is 0 Å². The van der Waals surface area contributed by atoms with Crippen molar-refractivity contribution in [2.75, 3.05) is 14.1 Å². The smallest absolute Gasteiger partial charge is 0.222 e. The first-order valence-electron chi connectivity index (χ1n) is 10.0. The van der Waals surface area contributed by atoms with Crippen molar-refractivity contribution in [3.63, 3.8) is 0 Å². The van der Waals surface area contributed by atoms with Gasteiger partial charge in [0.05, 0.1) is 24.5 Å². The maximum absolute atomic E-state index is 12.4. The molecule has 8 heteroatoms. The van der Waals surface area contributed by atoms with Crippen LogP contribution in [0.25, 0.3) is 0 Å². The van der Waals surface area contributed by atoms with E-state index in [-0.39, 0.29) is 11.8 Å². The average Bonchev–Trinajstić information content (AvgIpc) is 3.44. The first-order chi connectivity index (χ1) is 14.5. The van der Waals surface area contributed by atoms with Crippen molar-refractivity contribution >= 4 is 11.8 Å². The van der Waals surface area contributed by atoms with E-state index in [0.717, 1.165) is 22.5 Å². The third kappa shape index (κ3) is 6.30. The summed E-state index contributed by atoms with van der Waals surface area (Å²) < 4.78 is 0. The van der Waals surface area contributed by atoms with Crippen molar-refractivity contribution in [1.82, 2.24) is 30.2 Å². The summed E-state index contributed by atoms with van der Waals surface area (Å²) in [5, 5.41) is 13.5. The minimum Gasteiger partial charge on any atom is -0.340 e. The Balaban J connectivity index is 1.44. The summed E-state index contributed by atoms with van der Waals surface area (Å²) in [5.74, 6) is 0.177. The molecule has 0 bridgehead atoms. The van der Waals surface area contributed by atoms with Crippen LogP contribution in [-0.2, 0) is 35.5 Å². The maximum atomic E-state index is 12.4. The molecular weight excluding hydrogens is 380 g/mol. The lowest BCUT2D eigenvalue weighted by Gasteiger charge is -2.17. The van der Waals surface area contributed by atoms with Crippen LogP contribution in [0.1, 0.15) is 35.4 Å². The summed E-state index contributed by atoms with van der Waals surface area (Å²) in [7, 11) is 3.59. The molecule has 3 aromatic rings. The molecule has 1 aromatic carbocycles. The normalized spacial score (nSPS) is 10.7. The molecule has 158 valence electrons. The SMILES string of the molecule is CN(Cc1ccn[nH]1)C(=O)CCc1cccc(CCC(=O)N(C)Cc2ccn[nH]2)c1. The standard InChI is InChI=1S/C22H28N6O2/c1-27(15-19-10-12-23-25-19)21(29)8-6-17-4-3-5-18(14-17)7-9-22(30)28(2)16-20-11-13-24-26-20/h3-5,10-14H,6-9,15-16H2,1-2H3,(H,23,25)(H,24,26). The van der Waals surface area contributed by atoms with Crippen LogP contribution in [-0.4, -0.2) is 56.1 Å². The fourth-order valence-corrected chi connectivity index (χ4v) is 3.26. The van der Waals surface area contributed by atoms with Gasteiger partial charge >= 0.3 is 0 Å². The Labute approximate surface area is 176 Å². The molecule has 0 aliphatic carbocycles. The van der Waals surface area contributed by atoms with E-state index < -0.39 is 0 Å². The van der Waals surface area contributed by atoms with Crippen molar-refractivity contribution in [2.24, 2.45) is 0 Å². The third-order valence-corrected chi connectivity index (χ3v) is 5.03. The molecule has 0 spiro atoms. The first-order valence-corrected chi connectivity index (χ1v) is 10.0. The van der Waals surface area contributed by atoms with E-state index in [4.69, 9.17) is 0 Å². The number of amides is 2. The lowest BCUT2D eigenvalue weighted by molar-refractivity contribution is -0.131. The number of benzene rings is 1. The third-order valence-electron chi connectivity index (χ3n) is 5.03. The molecule has 8 nitrogen and oxygen atoms in total. The van der Waals surface area contributed by atoms with Gasteiger partial charge in [-0.1, -0.05) is 24.3 Å². The van der Waals surface area contributed by atoms with Crippen molar-refractivity contribution in [1.29, 1.82) is 0 Å². The number of nitrogens with zero attached hydrogens (tertiary/aromatic N) is 4. The maximum Gasteiger partial charge on any atom is 0.222 e. The minimum absolute atomic E-state index is 0.0885. The number of aromatic nitrogens is 4. The van der Waals surface area contributed by atoms with Crippen LogP contribution in [0.5, 0.6) is 0 Å². The van der Waals surface area contributed by atoms with Gasteiger partial charge in [0.15, 0.2) is 0 Å². The summed E-state index contributed by atoms with van der Waals surface area (Å²) in [6.45, 7) is 1.04. The van der Waals surface area contributed by atoms with Crippen LogP contribution in [0, 0.1) is 0 Å². The second kappa shape index (κ2) is 10.4. The monoisotopic (exact) mass is 408 g/mol. The molecule has 0 aliphatic rings. The number of carbonyl (C=O) groups is 2. The van der Waals surface area contributed by atoms with E-state index >= 15 is 0 Å². The molecule has 0 atom stereocenters. The summed E-state index contributed by atoms with van der Waals surface area (Å²) in [4.78, 5) is 28.2. The Kier molecular flexibility index (Phi) is 7.37. The van der Waals surface area contributed by atoms with Crippen LogP contribution in [0.4, 0.5) is 0 Å². The highest BCUT2D eigenvalue weighted by Crippen LogP contribution is 2.12. The van der Waals surface area contributed by atoms with E-state index in [1.165, 1.54) is 0 Å². The van der Waals surface area contributed by atoms with Gasteiger partial charge in [-0.15, -0.1) is 0 Å². The number of rotatable bonds is 10. The van der Waals surface area contributed by atoms with Gasteiger partial charge in [-0.25, -0.2) is 0 Å². The van der Waals surface area contributed by atoms with Gasteiger partial charge < -0.3 is 9.80 Å². The number of aromatic amines is 2. The molecule has 2 N–H and O–H groups in total. The Morgan fingerprint density at radius 1 is 0.800 bits per heavy atom. The van der Waals surface area contributed by atoms with Crippen LogP contribution in [0.3, 0.4) is 0 Å². The lowest BCUT2D eigenvalue weighted by Crippen LogP contribution is -2.26. The minimum atomic E-state index is 0.0885. The molecule has 0 saturated heterocycles. The molecule has 0 saturated carbocycles. The molecule has 0 unspecified atom stereocenters. The predicted molar refractivity (Wildman–Crippen MR) is 113 cm³/mol. The van der Waals surface area contributed by atoms with Gasteiger partial charge in [-0.05, 0) is 36.1 Å². The first kappa shape index (κ1) is 21.3. The number of aryl methyl sites for hydroxylation is 2. The number of nitrogens with one attached hydrogen (secondary N) is 2. The molecular formula is C22H28N6O2. The second-order valence-electron chi connectivity index (χ2n) is 7.48. The lowest BCUT2D eigenvalue weighted by atomic mass is 10.0. The summed E-state index contributed by atoms with van der Waals surface area (Å²) in [6, 6.07) is 11.9. The summed E-state index contributed by atoms with van der Waals surface area (Å²) in [5.41, 5.74) is 4.04. The van der Waals surface area contributed by atoms with Crippen LogP contribution in [0.15, 0.2) is 48.8 Å². The van der Waals surface area contributed by atoms with E-state index in [2.05, 4.69) is 26.5 Å². The van der Waals surface area contributed by atoms with E-state index in [9.17, 15) is 9.59 Å². The van der Waals surface area contributed by atoms with Crippen molar-refractivity contribution < 1.29 is 9.59 Å². The molecule has 0 aliphatic heterocycles. The van der Waals surface area contributed by atoms with E-state index in [1.54, 1.807) is 36.3 Å². The van der Waals surface area contributed by atoms with E-state index in [1.807, 2.05) is 30.3 Å². The van der Waals surface area contributed by atoms with Gasteiger partial charge in [-0.2, -0.15) is 10.2 Å². The predicted octanol–water partition coefficient (Wildman–Crippen LogP) is 2.32. The molecule has 2 heterocycles. The Hall–Kier alpha value is -3.42. The number of carbonyl (C=O) groups excluding carboxylic acids is 2. The average molecular weight is 409 g/mol. The Morgan fingerprint density at radius 2 is 1.27 bits per heavy atom. The summed E-state index contributed by atoms with van der Waals surface area (Å²) >= 11 is 0. The zero-order valence-corrected chi connectivity index (χ0v) is 17.5. The van der Waals surface area contributed by atoms with Gasteiger partial charge in [0.2, 0.25) is 11.8 Å². The number of hydrogen-bond donors (Lipinski definition) is 2. The van der Waals surface area contributed by atoms with E-state index in [0.29, 0.717) is 38.8 Å². The van der Waals surface area contributed by atoms with Crippen LogP contribution in [0.2, 0.25) is 0 Å². The quantitative estimate of drug-likeness (QED) is 0.538. The molecule has 3 rings (SSSR count). The van der Waals surface area contributed by atoms with Crippen LogP contribution >= 0.6 is 0 Å². The number of hydrogen-bond acceptors (Lipinski definition) is 4. The zero-order chi connectivity index (χ0) is 21.3. The highest BCUT2D eigenvalue weighted by atomic mass is 16.2. The molecule has 2 aromatic heterocycles. The van der Waals surface area contributed by atoms with Crippen molar-refractivity contribution in [2.45, 2.75) is 38.8 Å². The summed E-state index contributed by atoms with van der Waals surface area (Å²) in [6.07, 6.45) is 5.60. The molecule has 0 fully saturated rings. The molecule has 0 radical (unpaired) electrons. The topological polar surface area (TPSA) is 98.0 Å². The highest BCUT2D eigenvalue weighted by molar-refractivity contribution is 5.76.